The molecule has 0 aliphatic rings. The zero-order valence-electron chi connectivity index (χ0n) is 12.2. The van der Waals surface area contributed by atoms with Gasteiger partial charge in [0.1, 0.15) is 5.76 Å². The highest BCUT2D eigenvalue weighted by Gasteiger charge is 2.16. The van der Waals surface area contributed by atoms with Crippen molar-refractivity contribution >= 4 is 0 Å². The lowest BCUT2D eigenvalue weighted by atomic mass is 10.0. The molecule has 0 aliphatic heterocycles. The van der Waals surface area contributed by atoms with E-state index >= 15 is 0 Å². The van der Waals surface area contributed by atoms with E-state index in [0.29, 0.717) is 0 Å². The Morgan fingerprint density at radius 1 is 1.05 bits per heavy atom. The van der Waals surface area contributed by atoms with Gasteiger partial charge in [-0.1, -0.05) is 30.3 Å². The number of hydrogen-bond acceptors (Lipinski definition) is 2. The lowest BCUT2D eigenvalue weighted by molar-refractivity contribution is 0.441. The predicted molar refractivity (Wildman–Crippen MR) is 83.9 cm³/mol. The molecule has 3 rings (SSSR count). The normalized spacial score (nSPS) is 12.4. The molecule has 0 aliphatic carbocycles. The molecule has 0 bridgehead atoms. The van der Waals surface area contributed by atoms with Crippen molar-refractivity contribution in [3.63, 3.8) is 0 Å². The first-order valence-corrected chi connectivity index (χ1v) is 7.34. The zero-order valence-corrected chi connectivity index (χ0v) is 12.2. The molecule has 0 saturated carbocycles. The van der Waals surface area contributed by atoms with Gasteiger partial charge < -0.3 is 8.98 Å². The molecule has 0 radical (unpaired) electrons. The summed E-state index contributed by atoms with van der Waals surface area (Å²) in [6.07, 6.45) is 3.84. The monoisotopic (exact) mass is 280 g/mol. The molecule has 3 nitrogen and oxygen atoms in total. The Morgan fingerprint density at radius 2 is 1.90 bits per heavy atom. The fourth-order valence-corrected chi connectivity index (χ4v) is 2.61. The first-order valence-electron chi connectivity index (χ1n) is 7.34. The average molecular weight is 280 g/mol. The summed E-state index contributed by atoms with van der Waals surface area (Å²) in [5.41, 5.74) is 2.49. The smallest absolute Gasteiger partial charge is 0.125 e. The van der Waals surface area contributed by atoms with Crippen molar-refractivity contribution in [3.05, 3.63) is 84.1 Å². The van der Waals surface area contributed by atoms with Crippen LogP contribution in [-0.4, -0.2) is 4.57 Å². The molecule has 2 heterocycles. The lowest BCUT2D eigenvalue weighted by Crippen LogP contribution is -2.23. The number of nitrogens with zero attached hydrogens (tertiary/aromatic N) is 1. The second-order valence-electron chi connectivity index (χ2n) is 5.03. The van der Waals surface area contributed by atoms with Gasteiger partial charge in [0, 0.05) is 25.0 Å². The molecular formula is C18H20N2O. The fourth-order valence-electron chi connectivity index (χ4n) is 2.61. The van der Waals surface area contributed by atoms with Crippen LogP contribution in [0.15, 0.2) is 71.5 Å². The highest BCUT2D eigenvalue weighted by atomic mass is 16.3. The van der Waals surface area contributed by atoms with Crippen molar-refractivity contribution in [2.45, 2.75) is 26.1 Å². The highest BCUT2D eigenvalue weighted by Crippen LogP contribution is 2.22. The van der Waals surface area contributed by atoms with E-state index in [9.17, 15) is 0 Å². The van der Waals surface area contributed by atoms with Crippen molar-refractivity contribution in [2.24, 2.45) is 0 Å². The summed E-state index contributed by atoms with van der Waals surface area (Å²) >= 11 is 0. The molecule has 1 N–H and O–H groups in total. The molecule has 1 atom stereocenters. The van der Waals surface area contributed by atoms with Gasteiger partial charge in [-0.3, -0.25) is 5.32 Å². The number of furan rings is 1. The standard InChI is InChI=1S/C18H20N2O/c1-2-20-12-6-10-16(20)14-19-18(17-11-7-13-21-17)15-8-4-3-5-9-15/h3-13,18-19H,2,14H2,1H3. The maximum absolute atomic E-state index is 5.61. The molecule has 3 aromatic rings. The highest BCUT2D eigenvalue weighted by molar-refractivity contribution is 5.26. The summed E-state index contributed by atoms with van der Waals surface area (Å²) in [5, 5.41) is 3.60. The van der Waals surface area contributed by atoms with Crippen molar-refractivity contribution in [2.75, 3.05) is 0 Å². The van der Waals surface area contributed by atoms with E-state index in [0.717, 1.165) is 18.8 Å². The van der Waals surface area contributed by atoms with Crippen LogP contribution in [0, 0.1) is 0 Å². The van der Waals surface area contributed by atoms with Crippen LogP contribution in [0.3, 0.4) is 0 Å². The second kappa shape index (κ2) is 6.46. The van der Waals surface area contributed by atoms with Crippen molar-refractivity contribution in [1.82, 2.24) is 9.88 Å². The summed E-state index contributed by atoms with van der Waals surface area (Å²) in [7, 11) is 0. The van der Waals surface area contributed by atoms with Gasteiger partial charge >= 0.3 is 0 Å². The van der Waals surface area contributed by atoms with E-state index in [4.69, 9.17) is 4.42 Å². The van der Waals surface area contributed by atoms with Gasteiger partial charge in [-0.2, -0.15) is 0 Å². The summed E-state index contributed by atoms with van der Waals surface area (Å²) in [5.74, 6) is 0.941. The first kappa shape index (κ1) is 13.7. The van der Waals surface area contributed by atoms with Crippen LogP contribution in [0.2, 0.25) is 0 Å². The fraction of sp³-hybridized carbons (Fsp3) is 0.222. The van der Waals surface area contributed by atoms with Gasteiger partial charge in [0.2, 0.25) is 0 Å². The Morgan fingerprint density at radius 3 is 2.62 bits per heavy atom. The van der Waals surface area contributed by atoms with Crippen molar-refractivity contribution in [3.8, 4) is 0 Å². The van der Waals surface area contributed by atoms with E-state index in [1.807, 2.05) is 18.2 Å². The number of benzene rings is 1. The van der Waals surface area contributed by atoms with E-state index in [-0.39, 0.29) is 6.04 Å². The Balaban J connectivity index is 1.80. The van der Waals surface area contributed by atoms with Crippen molar-refractivity contribution in [1.29, 1.82) is 0 Å². The Hall–Kier alpha value is -2.26. The third-order valence-corrected chi connectivity index (χ3v) is 3.71. The van der Waals surface area contributed by atoms with Crippen LogP contribution < -0.4 is 5.32 Å². The first-order chi connectivity index (χ1) is 10.4. The third kappa shape index (κ3) is 3.09. The third-order valence-electron chi connectivity index (χ3n) is 3.71. The van der Waals surface area contributed by atoms with Gasteiger partial charge in [-0.05, 0) is 36.8 Å². The summed E-state index contributed by atoms with van der Waals surface area (Å²) < 4.78 is 7.85. The van der Waals surface area contributed by atoms with E-state index in [1.54, 1.807) is 6.26 Å². The molecule has 108 valence electrons. The zero-order chi connectivity index (χ0) is 14.5. The van der Waals surface area contributed by atoms with Crippen LogP contribution in [0.5, 0.6) is 0 Å². The van der Waals surface area contributed by atoms with Gasteiger partial charge in [0.05, 0.1) is 12.3 Å². The average Bonchev–Trinajstić information content (AvgIpc) is 3.20. The molecule has 0 spiro atoms. The molecule has 1 unspecified atom stereocenters. The van der Waals surface area contributed by atoms with Gasteiger partial charge in [0.25, 0.3) is 0 Å². The quantitative estimate of drug-likeness (QED) is 0.740. The molecule has 3 heteroatoms. The largest absolute Gasteiger partial charge is 0.467 e. The molecule has 1 aromatic carbocycles. The van der Waals surface area contributed by atoms with Crippen LogP contribution in [0.4, 0.5) is 0 Å². The molecule has 2 aromatic heterocycles. The molecule has 21 heavy (non-hydrogen) atoms. The van der Waals surface area contributed by atoms with Crippen LogP contribution >= 0.6 is 0 Å². The maximum Gasteiger partial charge on any atom is 0.125 e. The molecular weight excluding hydrogens is 260 g/mol. The topological polar surface area (TPSA) is 30.1 Å². The van der Waals surface area contributed by atoms with Crippen LogP contribution in [-0.2, 0) is 13.1 Å². The number of rotatable bonds is 6. The Kier molecular flexibility index (Phi) is 4.22. The number of hydrogen-bond donors (Lipinski definition) is 1. The van der Waals surface area contributed by atoms with E-state index in [2.05, 4.69) is 59.4 Å². The van der Waals surface area contributed by atoms with E-state index < -0.39 is 0 Å². The van der Waals surface area contributed by atoms with Crippen LogP contribution in [0.1, 0.15) is 30.0 Å². The summed E-state index contributed by atoms with van der Waals surface area (Å²) in [4.78, 5) is 0. The number of aryl methyl sites for hydroxylation is 1. The maximum atomic E-state index is 5.61. The minimum absolute atomic E-state index is 0.0707. The minimum Gasteiger partial charge on any atom is -0.467 e. The summed E-state index contributed by atoms with van der Waals surface area (Å²) in [6.45, 7) is 3.95. The second-order valence-corrected chi connectivity index (χ2v) is 5.03. The molecule has 0 saturated heterocycles. The molecule has 0 fully saturated rings. The summed E-state index contributed by atoms with van der Waals surface area (Å²) in [6, 6.07) is 18.7. The Labute approximate surface area is 125 Å². The van der Waals surface area contributed by atoms with Gasteiger partial charge in [0.15, 0.2) is 0 Å². The van der Waals surface area contributed by atoms with Gasteiger partial charge in [-0.25, -0.2) is 0 Å². The number of aromatic nitrogens is 1. The predicted octanol–water partition coefficient (Wildman–Crippen LogP) is 3.98. The minimum atomic E-state index is 0.0707. The Bertz CT molecular complexity index is 656. The molecule has 0 amide bonds. The van der Waals surface area contributed by atoms with Crippen molar-refractivity contribution < 1.29 is 4.42 Å². The lowest BCUT2D eigenvalue weighted by Gasteiger charge is -2.18. The van der Waals surface area contributed by atoms with Gasteiger partial charge in [-0.15, -0.1) is 0 Å². The van der Waals surface area contributed by atoms with Crippen LogP contribution in [0.25, 0.3) is 0 Å². The number of nitrogens with one attached hydrogen (secondary N) is 1. The van der Waals surface area contributed by atoms with E-state index in [1.165, 1.54) is 11.3 Å². The SMILES string of the molecule is CCn1cccc1CNC(c1ccccc1)c1ccco1.